The number of nitrogens with two attached hydrogens (primary N) is 2. The minimum Gasteiger partial charge on any atom is -0.508 e. The minimum atomic E-state index is -1.64. The third kappa shape index (κ3) is 10.7. The number of carbonyl (C=O) groups is 5. The first kappa shape index (κ1) is 31.7. The minimum absolute atomic E-state index is 0.0204. The van der Waals surface area contributed by atoms with Gasteiger partial charge in [0.15, 0.2) is 0 Å². The number of carbonyl (C=O) groups excluding carboxylic acids is 3. The van der Waals surface area contributed by atoms with E-state index in [2.05, 4.69) is 25.9 Å². The highest BCUT2D eigenvalue weighted by Gasteiger charge is 2.31. The lowest BCUT2D eigenvalue weighted by Gasteiger charge is -2.24. The molecule has 0 bridgehead atoms. The third-order valence-electron chi connectivity index (χ3n) is 5.91. The molecule has 0 aliphatic carbocycles. The number of unbranched alkanes of at least 4 members (excludes halogenated alkanes) is 1. The number of aromatic nitrogens is 2. The molecular formula is C25H35N7O8. The van der Waals surface area contributed by atoms with Crippen molar-refractivity contribution in [2.24, 2.45) is 11.5 Å². The number of aliphatic carboxylic acids is 2. The largest absolute Gasteiger partial charge is 0.508 e. The smallest absolute Gasteiger partial charge is 0.326 e. The molecule has 0 aliphatic rings. The number of hydrogen-bond donors (Lipinski definition) is 9. The number of nitrogens with one attached hydrogen (secondary N) is 4. The van der Waals surface area contributed by atoms with Crippen LogP contribution >= 0.6 is 0 Å². The van der Waals surface area contributed by atoms with Gasteiger partial charge in [0.2, 0.25) is 17.7 Å². The van der Waals surface area contributed by atoms with Crippen LogP contribution in [-0.4, -0.2) is 85.7 Å². The Morgan fingerprint density at radius 2 is 1.50 bits per heavy atom. The number of carboxylic acids is 2. The summed E-state index contributed by atoms with van der Waals surface area (Å²) in [6.07, 6.45) is 3.05. The highest BCUT2D eigenvalue weighted by Crippen LogP contribution is 2.12. The van der Waals surface area contributed by atoms with E-state index in [0.717, 1.165) is 0 Å². The number of phenols is 1. The summed E-state index contributed by atoms with van der Waals surface area (Å²) in [6, 6.07) is 0.479. The Balaban J connectivity index is 2.20. The molecule has 0 fully saturated rings. The van der Waals surface area contributed by atoms with Gasteiger partial charge in [-0.05, 0) is 43.5 Å². The van der Waals surface area contributed by atoms with Crippen molar-refractivity contribution in [3.63, 3.8) is 0 Å². The van der Waals surface area contributed by atoms with Crippen LogP contribution in [0, 0.1) is 0 Å². The molecule has 0 saturated carbocycles. The highest BCUT2D eigenvalue weighted by molar-refractivity contribution is 5.95. The molecule has 218 valence electrons. The van der Waals surface area contributed by atoms with E-state index in [1.165, 1.54) is 36.8 Å². The lowest BCUT2D eigenvalue weighted by atomic mass is 10.0. The van der Waals surface area contributed by atoms with Gasteiger partial charge in [-0.1, -0.05) is 12.1 Å². The van der Waals surface area contributed by atoms with Crippen molar-refractivity contribution in [1.82, 2.24) is 25.9 Å². The summed E-state index contributed by atoms with van der Waals surface area (Å²) in [5, 5.41) is 35.4. The van der Waals surface area contributed by atoms with Gasteiger partial charge in [-0.15, -0.1) is 0 Å². The van der Waals surface area contributed by atoms with E-state index in [4.69, 9.17) is 11.5 Å². The molecule has 15 heteroatoms. The number of rotatable bonds is 17. The molecule has 11 N–H and O–H groups in total. The Hall–Kier alpha value is -4.50. The fraction of sp³-hybridized carbons (Fsp3) is 0.440. The van der Waals surface area contributed by atoms with Crippen molar-refractivity contribution in [1.29, 1.82) is 0 Å². The number of hydrogen-bond acceptors (Lipinski definition) is 9. The molecule has 4 atom stereocenters. The number of aromatic amines is 1. The predicted molar refractivity (Wildman–Crippen MR) is 141 cm³/mol. The molecule has 1 aromatic carbocycles. The van der Waals surface area contributed by atoms with Crippen LogP contribution in [0.4, 0.5) is 0 Å². The van der Waals surface area contributed by atoms with E-state index >= 15 is 0 Å². The monoisotopic (exact) mass is 561 g/mol. The molecule has 0 spiro atoms. The first-order valence-corrected chi connectivity index (χ1v) is 12.6. The molecule has 0 saturated heterocycles. The van der Waals surface area contributed by atoms with Gasteiger partial charge in [0.1, 0.15) is 23.9 Å². The fourth-order valence-electron chi connectivity index (χ4n) is 3.76. The number of nitrogens with zero attached hydrogens (tertiary/aromatic N) is 1. The number of benzene rings is 1. The number of imidazole rings is 1. The van der Waals surface area contributed by atoms with E-state index in [0.29, 0.717) is 30.6 Å². The van der Waals surface area contributed by atoms with Crippen molar-refractivity contribution < 1.29 is 39.3 Å². The van der Waals surface area contributed by atoms with Crippen LogP contribution in [0.1, 0.15) is 36.9 Å². The standard InChI is InChI=1S/C25H35N7O8/c26-8-2-1-3-18(25(39)40)30-24(38)20(11-21(34)35)32-23(37)19(9-14-4-6-16(33)7-5-14)31-22(36)17(27)10-15-12-28-13-29-15/h4-7,12-13,17-20,33H,1-3,8-11,26-27H2,(H,28,29)(H,30,38)(H,31,36)(H,32,37)(H,34,35)(H,39,40). The normalized spacial score (nSPS) is 13.8. The highest BCUT2D eigenvalue weighted by atomic mass is 16.4. The molecule has 4 unspecified atom stereocenters. The van der Waals surface area contributed by atoms with Crippen LogP contribution in [-0.2, 0) is 36.8 Å². The Labute approximate surface area is 229 Å². The van der Waals surface area contributed by atoms with Crippen molar-refractivity contribution in [3.05, 3.63) is 48.0 Å². The average molecular weight is 562 g/mol. The van der Waals surface area contributed by atoms with Crippen molar-refractivity contribution in [2.45, 2.75) is 62.7 Å². The summed E-state index contributed by atoms with van der Waals surface area (Å²) in [6.45, 7) is 0.331. The molecule has 0 aliphatic heterocycles. The van der Waals surface area contributed by atoms with Crippen molar-refractivity contribution in [2.75, 3.05) is 6.54 Å². The number of phenolic OH excluding ortho intramolecular Hbond substituents is 1. The Kier molecular flexibility index (Phi) is 12.5. The predicted octanol–water partition coefficient (Wildman–Crippen LogP) is -1.63. The maximum absolute atomic E-state index is 13.3. The van der Waals surface area contributed by atoms with Gasteiger partial charge in [-0.3, -0.25) is 19.2 Å². The maximum Gasteiger partial charge on any atom is 0.326 e. The summed E-state index contributed by atoms with van der Waals surface area (Å²) < 4.78 is 0. The summed E-state index contributed by atoms with van der Waals surface area (Å²) in [5.41, 5.74) is 12.5. The Morgan fingerprint density at radius 1 is 0.875 bits per heavy atom. The van der Waals surface area contributed by atoms with E-state index in [-0.39, 0.29) is 25.0 Å². The second-order valence-electron chi connectivity index (χ2n) is 9.16. The summed E-state index contributed by atoms with van der Waals surface area (Å²) >= 11 is 0. The molecule has 3 amide bonds. The van der Waals surface area contributed by atoms with E-state index < -0.39 is 60.2 Å². The fourth-order valence-corrected chi connectivity index (χ4v) is 3.76. The lowest BCUT2D eigenvalue weighted by molar-refractivity contribution is -0.143. The van der Waals surface area contributed by atoms with Crippen LogP contribution in [0.3, 0.4) is 0 Å². The molecule has 1 heterocycles. The van der Waals surface area contributed by atoms with Crippen LogP contribution < -0.4 is 27.4 Å². The molecule has 40 heavy (non-hydrogen) atoms. The molecule has 2 aromatic rings. The number of amides is 3. The number of aromatic hydroxyl groups is 1. The second-order valence-corrected chi connectivity index (χ2v) is 9.16. The van der Waals surface area contributed by atoms with Crippen molar-refractivity contribution in [3.8, 4) is 5.75 Å². The SMILES string of the molecule is NCCCCC(NC(=O)C(CC(=O)O)NC(=O)C(Cc1ccc(O)cc1)NC(=O)C(N)Cc1cnc[nH]1)C(=O)O. The summed E-state index contributed by atoms with van der Waals surface area (Å²) in [4.78, 5) is 68.7. The van der Waals surface area contributed by atoms with Gasteiger partial charge in [-0.25, -0.2) is 9.78 Å². The van der Waals surface area contributed by atoms with Crippen molar-refractivity contribution >= 4 is 29.7 Å². The Bertz CT molecular complexity index is 1140. The number of H-pyrrole nitrogens is 1. The van der Waals surface area contributed by atoms with Gasteiger partial charge in [0.25, 0.3) is 0 Å². The van der Waals surface area contributed by atoms with E-state index in [9.17, 15) is 39.3 Å². The van der Waals surface area contributed by atoms with Gasteiger partial charge in [-0.2, -0.15) is 0 Å². The van der Waals surface area contributed by atoms with E-state index in [1.54, 1.807) is 0 Å². The average Bonchev–Trinajstić information content (AvgIpc) is 3.41. The molecule has 2 rings (SSSR count). The van der Waals surface area contributed by atoms with Crippen LogP contribution in [0.15, 0.2) is 36.8 Å². The quantitative estimate of drug-likeness (QED) is 0.0990. The molecule has 1 aromatic heterocycles. The van der Waals surface area contributed by atoms with Gasteiger partial charge < -0.3 is 47.7 Å². The topological polar surface area (TPSA) is 263 Å². The zero-order valence-electron chi connectivity index (χ0n) is 21.7. The van der Waals surface area contributed by atoms with Gasteiger partial charge >= 0.3 is 11.9 Å². The lowest BCUT2D eigenvalue weighted by Crippen LogP contribution is -2.58. The first-order chi connectivity index (χ1) is 19.0. The first-order valence-electron chi connectivity index (χ1n) is 12.6. The maximum atomic E-state index is 13.3. The zero-order chi connectivity index (χ0) is 29.7. The third-order valence-corrected chi connectivity index (χ3v) is 5.91. The van der Waals surface area contributed by atoms with Crippen LogP contribution in [0.2, 0.25) is 0 Å². The summed E-state index contributed by atoms with van der Waals surface area (Å²) in [7, 11) is 0. The van der Waals surface area contributed by atoms with Crippen LogP contribution in [0.25, 0.3) is 0 Å². The zero-order valence-corrected chi connectivity index (χ0v) is 21.7. The van der Waals surface area contributed by atoms with Gasteiger partial charge in [0, 0.05) is 24.7 Å². The molecule has 0 radical (unpaired) electrons. The van der Waals surface area contributed by atoms with Crippen LogP contribution in [0.5, 0.6) is 5.75 Å². The summed E-state index contributed by atoms with van der Waals surface area (Å²) in [5.74, 6) is -5.37. The molecular weight excluding hydrogens is 526 g/mol. The van der Waals surface area contributed by atoms with E-state index in [1.807, 2.05) is 0 Å². The van der Waals surface area contributed by atoms with Gasteiger partial charge in [0.05, 0.1) is 18.8 Å². The molecule has 15 nitrogen and oxygen atoms in total. The Morgan fingerprint density at radius 3 is 2.08 bits per heavy atom. The number of carboxylic acid groups (broad SMARTS) is 2. The second kappa shape index (κ2) is 15.8.